The molecule has 3 rings (SSSR count). The van der Waals surface area contributed by atoms with Crippen LogP contribution < -0.4 is 9.47 Å². The fourth-order valence-electron chi connectivity index (χ4n) is 3.47. The number of morpholine rings is 1. The molecule has 1 aromatic rings. The van der Waals surface area contributed by atoms with Crippen molar-refractivity contribution >= 4 is 10.0 Å². The zero-order chi connectivity index (χ0) is 16.4. The van der Waals surface area contributed by atoms with Gasteiger partial charge in [-0.15, -0.1) is 0 Å². The molecule has 2 unspecified atom stereocenters. The standard InChI is InChI=1S/C16H23NO5S/c1-20-12-7-8-16(15(11-12)21-2)23(18,19)17-9-10-22-14-6-4-3-5-13(14)17/h7-8,11,13-14H,3-6,9-10H2,1-2H3. The number of hydrogen-bond acceptors (Lipinski definition) is 5. The van der Waals surface area contributed by atoms with Crippen molar-refractivity contribution < 1.29 is 22.6 Å². The minimum Gasteiger partial charge on any atom is -0.497 e. The SMILES string of the molecule is COc1ccc(S(=O)(=O)N2CCOC3CCCCC32)c(OC)c1. The van der Waals surface area contributed by atoms with Crippen LogP contribution in [0.25, 0.3) is 0 Å². The van der Waals surface area contributed by atoms with Crippen LogP contribution in [-0.4, -0.2) is 52.2 Å². The molecule has 1 heterocycles. The number of rotatable bonds is 4. The topological polar surface area (TPSA) is 65.1 Å². The summed E-state index contributed by atoms with van der Waals surface area (Å²) >= 11 is 0. The Hall–Kier alpha value is -1.31. The third kappa shape index (κ3) is 3.05. The van der Waals surface area contributed by atoms with Gasteiger partial charge >= 0.3 is 0 Å². The summed E-state index contributed by atoms with van der Waals surface area (Å²) < 4.78 is 44.2. The van der Waals surface area contributed by atoms with E-state index in [1.165, 1.54) is 14.2 Å². The second-order valence-electron chi connectivity index (χ2n) is 5.89. The molecular weight excluding hydrogens is 318 g/mol. The van der Waals surface area contributed by atoms with E-state index in [0.717, 1.165) is 25.7 Å². The van der Waals surface area contributed by atoms with Crippen molar-refractivity contribution in [3.05, 3.63) is 18.2 Å². The van der Waals surface area contributed by atoms with E-state index in [1.54, 1.807) is 22.5 Å². The first-order chi connectivity index (χ1) is 11.1. The van der Waals surface area contributed by atoms with E-state index >= 15 is 0 Å². The summed E-state index contributed by atoms with van der Waals surface area (Å²) in [7, 11) is -0.619. The Morgan fingerprint density at radius 2 is 1.96 bits per heavy atom. The molecule has 1 saturated carbocycles. The Morgan fingerprint density at radius 3 is 2.70 bits per heavy atom. The average Bonchev–Trinajstić information content (AvgIpc) is 2.60. The fourth-order valence-corrected chi connectivity index (χ4v) is 5.28. The Balaban J connectivity index is 1.97. The van der Waals surface area contributed by atoms with Crippen molar-refractivity contribution in [2.75, 3.05) is 27.4 Å². The van der Waals surface area contributed by atoms with E-state index in [1.807, 2.05) is 0 Å². The van der Waals surface area contributed by atoms with E-state index in [2.05, 4.69) is 0 Å². The lowest BCUT2D eigenvalue weighted by Crippen LogP contribution is -2.54. The zero-order valence-corrected chi connectivity index (χ0v) is 14.3. The lowest BCUT2D eigenvalue weighted by Gasteiger charge is -2.42. The summed E-state index contributed by atoms with van der Waals surface area (Å²) in [6, 6.07) is 4.73. The quantitative estimate of drug-likeness (QED) is 0.838. The van der Waals surface area contributed by atoms with E-state index in [9.17, 15) is 8.42 Å². The van der Waals surface area contributed by atoms with Crippen LogP contribution in [0, 0.1) is 0 Å². The maximum Gasteiger partial charge on any atom is 0.247 e. The molecule has 2 fully saturated rings. The van der Waals surface area contributed by atoms with E-state index in [4.69, 9.17) is 14.2 Å². The van der Waals surface area contributed by atoms with Crippen LogP contribution in [0.3, 0.4) is 0 Å². The predicted molar refractivity (Wildman–Crippen MR) is 85.4 cm³/mol. The number of ether oxygens (including phenoxy) is 3. The number of benzene rings is 1. The first kappa shape index (κ1) is 16.5. The number of nitrogens with zero attached hydrogens (tertiary/aromatic N) is 1. The Kier molecular flexibility index (Phi) is 4.79. The van der Waals surface area contributed by atoms with Gasteiger partial charge in [0.05, 0.1) is 33.0 Å². The third-order valence-corrected chi connectivity index (χ3v) is 6.60. The molecule has 2 aliphatic rings. The summed E-state index contributed by atoms with van der Waals surface area (Å²) in [4.78, 5) is 0.187. The van der Waals surface area contributed by atoms with Gasteiger partial charge in [0.1, 0.15) is 16.4 Å². The van der Waals surface area contributed by atoms with Crippen LogP contribution in [-0.2, 0) is 14.8 Å². The highest BCUT2D eigenvalue weighted by atomic mass is 32.2. The summed E-state index contributed by atoms with van der Waals surface area (Å²) in [5, 5.41) is 0. The molecule has 0 spiro atoms. The van der Waals surface area contributed by atoms with Crippen LogP contribution in [0.4, 0.5) is 0 Å². The number of hydrogen-bond donors (Lipinski definition) is 0. The van der Waals surface area contributed by atoms with Gasteiger partial charge in [0, 0.05) is 12.6 Å². The highest BCUT2D eigenvalue weighted by Gasteiger charge is 2.41. The molecule has 1 saturated heterocycles. The third-order valence-electron chi connectivity index (χ3n) is 4.64. The molecule has 1 aliphatic heterocycles. The van der Waals surface area contributed by atoms with Crippen LogP contribution in [0.15, 0.2) is 23.1 Å². The molecule has 7 heteroatoms. The van der Waals surface area contributed by atoms with Gasteiger partial charge in [-0.25, -0.2) is 8.42 Å². The largest absolute Gasteiger partial charge is 0.497 e. The van der Waals surface area contributed by atoms with Gasteiger partial charge in [0.2, 0.25) is 10.0 Å². The van der Waals surface area contributed by atoms with Crippen LogP contribution in [0.2, 0.25) is 0 Å². The first-order valence-electron chi connectivity index (χ1n) is 7.93. The molecular formula is C16H23NO5S. The molecule has 6 nitrogen and oxygen atoms in total. The van der Waals surface area contributed by atoms with Gasteiger partial charge in [-0.1, -0.05) is 12.8 Å². The summed E-state index contributed by atoms with van der Waals surface area (Å²) in [5.74, 6) is 0.876. The second-order valence-corrected chi connectivity index (χ2v) is 7.75. The predicted octanol–water partition coefficient (Wildman–Crippen LogP) is 2.04. The first-order valence-corrected chi connectivity index (χ1v) is 9.37. The van der Waals surface area contributed by atoms with Gasteiger partial charge in [-0.3, -0.25) is 0 Å². The maximum atomic E-state index is 13.2. The molecule has 23 heavy (non-hydrogen) atoms. The van der Waals surface area contributed by atoms with Crippen molar-refractivity contribution in [3.63, 3.8) is 0 Å². The normalized spacial score (nSPS) is 25.7. The molecule has 0 radical (unpaired) electrons. The van der Waals surface area contributed by atoms with Gasteiger partial charge in [0.15, 0.2) is 0 Å². The molecule has 128 valence electrons. The molecule has 1 aliphatic carbocycles. The Bertz CT molecular complexity index is 658. The highest BCUT2D eigenvalue weighted by Crippen LogP contribution is 2.36. The van der Waals surface area contributed by atoms with Crippen LogP contribution in [0.5, 0.6) is 11.5 Å². The minimum atomic E-state index is -3.63. The van der Waals surface area contributed by atoms with Crippen LogP contribution >= 0.6 is 0 Å². The lowest BCUT2D eigenvalue weighted by atomic mass is 9.91. The summed E-state index contributed by atoms with van der Waals surface area (Å²) in [6.45, 7) is 0.831. The maximum absolute atomic E-state index is 13.2. The minimum absolute atomic E-state index is 0.0107. The van der Waals surface area contributed by atoms with Crippen LogP contribution in [0.1, 0.15) is 25.7 Å². The summed E-state index contributed by atoms with van der Waals surface area (Å²) in [6.07, 6.45) is 3.92. The Morgan fingerprint density at radius 1 is 1.17 bits per heavy atom. The highest BCUT2D eigenvalue weighted by molar-refractivity contribution is 7.89. The van der Waals surface area contributed by atoms with Crippen molar-refractivity contribution in [1.82, 2.24) is 4.31 Å². The zero-order valence-electron chi connectivity index (χ0n) is 13.5. The number of sulfonamides is 1. The fraction of sp³-hybridized carbons (Fsp3) is 0.625. The van der Waals surface area contributed by atoms with Crippen molar-refractivity contribution in [1.29, 1.82) is 0 Å². The molecule has 0 aromatic heterocycles. The van der Waals surface area contributed by atoms with E-state index in [-0.39, 0.29) is 17.0 Å². The molecule has 0 N–H and O–H groups in total. The molecule has 2 atom stereocenters. The van der Waals surface area contributed by atoms with Gasteiger partial charge in [-0.2, -0.15) is 4.31 Å². The van der Waals surface area contributed by atoms with Gasteiger partial charge in [-0.05, 0) is 25.0 Å². The van der Waals surface area contributed by atoms with E-state index in [0.29, 0.717) is 24.7 Å². The number of fused-ring (bicyclic) bond motifs is 1. The Labute approximate surface area is 137 Å². The van der Waals surface area contributed by atoms with Crippen molar-refractivity contribution in [2.45, 2.75) is 42.7 Å². The molecule has 0 amide bonds. The second kappa shape index (κ2) is 6.67. The lowest BCUT2D eigenvalue weighted by molar-refractivity contribution is -0.0586. The number of methoxy groups -OCH3 is 2. The van der Waals surface area contributed by atoms with E-state index < -0.39 is 10.0 Å². The van der Waals surface area contributed by atoms with Gasteiger partial charge in [0.25, 0.3) is 0 Å². The smallest absolute Gasteiger partial charge is 0.247 e. The monoisotopic (exact) mass is 341 g/mol. The van der Waals surface area contributed by atoms with Gasteiger partial charge < -0.3 is 14.2 Å². The average molecular weight is 341 g/mol. The van der Waals surface area contributed by atoms with Crippen molar-refractivity contribution in [3.8, 4) is 11.5 Å². The van der Waals surface area contributed by atoms with Crippen molar-refractivity contribution in [2.24, 2.45) is 0 Å². The molecule has 1 aromatic carbocycles. The molecule has 0 bridgehead atoms. The summed E-state index contributed by atoms with van der Waals surface area (Å²) in [5.41, 5.74) is 0.